The van der Waals surface area contributed by atoms with Crippen molar-refractivity contribution in [2.75, 3.05) is 5.32 Å². The molecule has 6 heteroatoms. The van der Waals surface area contributed by atoms with Crippen LogP contribution < -0.4 is 5.32 Å². The van der Waals surface area contributed by atoms with Crippen LogP contribution in [0.2, 0.25) is 0 Å². The van der Waals surface area contributed by atoms with Crippen LogP contribution in [0.4, 0.5) is 5.00 Å². The fourth-order valence-electron chi connectivity index (χ4n) is 3.66. The Bertz CT molecular complexity index is 773. The van der Waals surface area contributed by atoms with Gasteiger partial charge in [0, 0.05) is 4.88 Å². The van der Waals surface area contributed by atoms with E-state index in [0.29, 0.717) is 23.4 Å². The quantitative estimate of drug-likeness (QED) is 0.641. The van der Waals surface area contributed by atoms with E-state index in [1.165, 1.54) is 16.2 Å². The maximum absolute atomic E-state index is 12.9. The number of amides is 1. The van der Waals surface area contributed by atoms with Gasteiger partial charge in [-0.3, -0.25) is 9.59 Å². The summed E-state index contributed by atoms with van der Waals surface area (Å²) in [5.41, 5.74) is 1.70. The van der Waals surface area contributed by atoms with Gasteiger partial charge in [0.2, 0.25) is 5.91 Å². The van der Waals surface area contributed by atoms with Gasteiger partial charge in [0.25, 0.3) is 0 Å². The second-order valence-electron chi connectivity index (χ2n) is 7.16. The SMILES string of the molecule is CC(C)OC(=O)[C@@H]1CC=CC[C@@H]1C(=O)Nc1sc2c(c1C#N)CCCC2. The van der Waals surface area contributed by atoms with Gasteiger partial charge in [0.15, 0.2) is 0 Å². The average molecular weight is 372 g/mol. The normalized spacial score (nSPS) is 21.8. The maximum atomic E-state index is 12.9. The highest BCUT2D eigenvalue weighted by molar-refractivity contribution is 7.16. The summed E-state index contributed by atoms with van der Waals surface area (Å²) in [5.74, 6) is -1.45. The molecule has 2 aliphatic carbocycles. The number of nitriles is 1. The summed E-state index contributed by atoms with van der Waals surface area (Å²) < 4.78 is 5.33. The van der Waals surface area contributed by atoms with Crippen LogP contribution in [0.3, 0.4) is 0 Å². The fraction of sp³-hybridized carbons (Fsp3) is 0.550. The van der Waals surface area contributed by atoms with Crippen LogP contribution >= 0.6 is 11.3 Å². The molecule has 0 radical (unpaired) electrons. The molecule has 0 aliphatic heterocycles. The van der Waals surface area contributed by atoms with Crippen molar-refractivity contribution in [1.29, 1.82) is 5.26 Å². The molecule has 3 rings (SSSR count). The number of esters is 1. The van der Waals surface area contributed by atoms with Crippen LogP contribution in [-0.2, 0) is 27.2 Å². The number of fused-ring (bicyclic) bond motifs is 1. The lowest BCUT2D eigenvalue weighted by atomic mass is 9.82. The largest absolute Gasteiger partial charge is 0.463 e. The standard InChI is InChI=1S/C20H24N2O3S/c1-12(2)25-20(24)15-9-4-3-8-14(15)18(23)22-19-16(11-21)13-7-5-6-10-17(13)26-19/h3-4,12,14-15H,5-10H2,1-2H3,(H,22,23)/t14-,15+/m0/s1. The maximum Gasteiger partial charge on any atom is 0.310 e. The third-order valence-corrected chi connectivity index (χ3v) is 6.15. The van der Waals surface area contributed by atoms with Crippen LogP contribution in [0, 0.1) is 23.2 Å². The highest BCUT2D eigenvalue weighted by Crippen LogP contribution is 2.38. The monoisotopic (exact) mass is 372 g/mol. The van der Waals surface area contributed by atoms with Gasteiger partial charge in [-0.15, -0.1) is 11.3 Å². The molecule has 0 unspecified atom stereocenters. The zero-order valence-electron chi connectivity index (χ0n) is 15.2. The van der Waals surface area contributed by atoms with Gasteiger partial charge >= 0.3 is 5.97 Å². The number of nitrogens with zero attached hydrogens (tertiary/aromatic N) is 1. The van der Waals surface area contributed by atoms with Gasteiger partial charge in [-0.2, -0.15) is 5.26 Å². The number of hydrogen-bond donors (Lipinski definition) is 1. The van der Waals surface area contributed by atoms with Crippen LogP contribution in [0.25, 0.3) is 0 Å². The van der Waals surface area contributed by atoms with E-state index in [9.17, 15) is 14.9 Å². The van der Waals surface area contributed by atoms with E-state index in [1.54, 1.807) is 13.8 Å². The number of nitrogens with one attached hydrogen (secondary N) is 1. The summed E-state index contributed by atoms with van der Waals surface area (Å²) in [7, 11) is 0. The lowest BCUT2D eigenvalue weighted by molar-refractivity contribution is -0.156. The van der Waals surface area contributed by atoms with Crippen molar-refractivity contribution in [2.24, 2.45) is 11.8 Å². The highest BCUT2D eigenvalue weighted by Gasteiger charge is 2.36. The Balaban J connectivity index is 1.78. The molecule has 26 heavy (non-hydrogen) atoms. The molecule has 138 valence electrons. The first-order valence-corrected chi connectivity index (χ1v) is 10.0. The number of hydrogen-bond acceptors (Lipinski definition) is 5. The number of anilines is 1. The molecule has 0 saturated heterocycles. The van der Waals surface area contributed by atoms with Crippen LogP contribution in [0.5, 0.6) is 0 Å². The van der Waals surface area contributed by atoms with Crippen LogP contribution in [0.1, 0.15) is 55.5 Å². The Morgan fingerprint density at radius 1 is 1.23 bits per heavy atom. The van der Waals surface area contributed by atoms with Crippen molar-refractivity contribution < 1.29 is 14.3 Å². The second kappa shape index (κ2) is 8.05. The topological polar surface area (TPSA) is 79.2 Å². The van der Waals surface area contributed by atoms with Crippen molar-refractivity contribution in [1.82, 2.24) is 0 Å². The third kappa shape index (κ3) is 3.83. The summed E-state index contributed by atoms with van der Waals surface area (Å²) in [5, 5.41) is 13.1. The van der Waals surface area contributed by atoms with E-state index in [2.05, 4.69) is 11.4 Å². The Morgan fingerprint density at radius 3 is 2.62 bits per heavy atom. The molecule has 1 amide bonds. The molecular formula is C20H24N2O3S. The lowest BCUT2D eigenvalue weighted by Crippen LogP contribution is -2.36. The van der Waals surface area contributed by atoms with Gasteiger partial charge in [-0.25, -0.2) is 0 Å². The second-order valence-corrected chi connectivity index (χ2v) is 8.26. The molecule has 0 bridgehead atoms. The number of thiophene rings is 1. The Morgan fingerprint density at radius 2 is 1.92 bits per heavy atom. The summed E-state index contributed by atoms with van der Waals surface area (Å²) in [4.78, 5) is 26.5. The molecule has 0 fully saturated rings. The molecule has 1 N–H and O–H groups in total. The number of allylic oxidation sites excluding steroid dienone is 2. The first kappa shape index (κ1) is 18.7. The molecule has 1 aromatic rings. The summed E-state index contributed by atoms with van der Waals surface area (Å²) in [6.45, 7) is 3.61. The molecular weight excluding hydrogens is 348 g/mol. The Labute approximate surface area is 158 Å². The molecule has 2 atom stereocenters. The number of aryl methyl sites for hydroxylation is 1. The zero-order valence-corrected chi connectivity index (χ0v) is 16.0. The van der Waals surface area contributed by atoms with Crippen molar-refractivity contribution >= 4 is 28.2 Å². The predicted molar refractivity (Wildman–Crippen MR) is 101 cm³/mol. The molecule has 1 aromatic heterocycles. The fourth-order valence-corrected chi connectivity index (χ4v) is 4.90. The van der Waals surface area contributed by atoms with Crippen molar-refractivity contribution in [3.63, 3.8) is 0 Å². The van der Waals surface area contributed by atoms with Gasteiger partial charge in [-0.05, 0) is 57.9 Å². The summed E-state index contributed by atoms with van der Waals surface area (Å²) >= 11 is 1.51. The molecule has 0 saturated carbocycles. The predicted octanol–water partition coefficient (Wildman–Crippen LogP) is 3.97. The number of carbonyl (C=O) groups is 2. The van der Waals surface area contributed by atoms with Gasteiger partial charge in [0.1, 0.15) is 11.1 Å². The van der Waals surface area contributed by atoms with Crippen molar-refractivity contribution in [2.45, 2.75) is 58.5 Å². The summed E-state index contributed by atoms with van der Waals surface area (Å²) in [6.07, 6.45) is 8.78. The molecule has 5 nitrogen and oxygen atoms in total. The minimum absolute atomic E-state index is 0.199. The Hall–Kier alpha value is -2.13. The Kier molecular flexibility index (Phi) is 5.77. The van der Waals surface area contributed by atoms with Gasteiger partial charge < -0.3 is 10.1 Å². The van der Waals surface area contributed by atoms with Gasteiger partial charge in [-0.1, -0.05) is 12.2 Å². The van der Waals surface area contributed by atoms with Crippen molar-refractivity contribution in [3.8, 4) is 6.07 Å². The van der Waals surface area contributed by atoms with E-state index < -0.39 is 11.8 Å². The van der Waals surface area contributed by atoms with E-state index in [-0.39, 0.29) is 18.0 Å². The lowest BCUT2D eigenvalue weighted by Gasteiger charge is -2.26. The molecule has 0 aromatic carbocycles. The average Bonchev–Trinajstić information content (AvgIpc) is 2.98. The van der Waals surface area contributed by atoms with E-state index in [4.69, 9.17) is 4.74 Å². The number of carbonyl (C=O) groups excluding carboxylic acids is 2. The molecule has 0 spiro atoms. The smallest absolute Gasteiger partial charge is 0.310 e. The number of ether oxygens (including phenoxy) is 1. The third-order valence-electron chi connectivity index (χ3n) is 4.94. The van der Waals surface area contributed by atoms with E-state index in [0.717, 1.165) is 31.2 Å². The first-order chi connectivity index (χ1) is 12.5. The molecule has 2 aliphatic rings. The van der Waals surface area contributed by atoms with Crippen LogP contribution in [0.15, 0.2) is 12.2 Å². The number of rotatable bonds is 4. The minimum atomic E-state index is -0.470. The first-order valence-electron chi connectivity index (χ1n) is 9.22. The van der Waals surface area contributed by atoms with Crippen LogP contribution in [-0.4, -0.2) is 18.0 Å². The van der Waals surface area contributed by atoms with E-state index >= 15 is 0 Å². The van der Waals surface area contributed by atoms with E-state index in [1.807, 2.05) is 12.2 Å². The summed E-state index contributed by atoms with van der Waals surface area (Å²) in [6, 6.07) is 2.26. The minimum Gasteiger partial charge on any atom is -0.463 e. The van der Waals surface area contributed by atoms with Crippen molar-refractivity contribution in [3.05, 3.63) is 28.2 Å². The molecule has 1 heterocycles. The van der Waals surface area contributed by atoms with Gasteiger partial charge in [0.05, 0.1) is 23.5 Å². The highest BCUT2D eigenvalue weighted by atomic mass is 32.1. The zero-order chi connectivity index (χ0) is 18.7.